The summed E-state index contributed by atoms with van der Waals surface area (Å²) in [6, 6.07) is 4.99. The standard InChI is InChI=1S/C12H16BrFN2S/c1-8(5-12(15)17)16(2)7-9-3-4-10(14)6-11(9)13/h3-4,6,8H,5,7H2,1-2H3,(H2,15,17). The van der Waals surface area contributed by atoms with Gasteiger partial charge in [0.25, 0.3) is 0 Å². The Bertz CT molecular complexity index is 411. The van der Waals surface area contributed by atoms with Crippen LogP contribution >= 0.6 is 28.1 Å². The van der Waals surface area contributed by atoms with Crippen LogP contribution in [-0.2, 0) is 6.54 Å². The molecule has 0 saturated heterocycles. The third-order valence-corrected chi connectivity index (χ3v) is 3.59. The minimum atomic E-state index is -0.237. The van der Waals surface area contributed by atoms with Crippen LogP contribution in [0.3, 0.4) is 0 Å². The Morgan fingerprint density at radius 2 is 2.24 bits per heavy atom. The molecule has 0 heterocycles. The molecule has 0 aliphatic carbocycles. The van der Waals surface area contributed by atoms with Crippen LogP contribution in [0.1, 0.15) is 18.9 Å². The van der Waals surface area contributed by atoms with Crippen molar-refractivity contribution in [2.45, 2.75) is 25.9 Å². The Hall–Kier alpha value is -0.520. The highest BCUT2D eigenvalue weighted by atomic mass is 79.9. The van der Waals surface area contributed by atoms with Gasteiger partial charge in [-0.25, -0.2) is 4.39 Å². The van der Waals surface area contributed by atoms with E-state index in [0.717, 1.165) is 16.6 Å². The van der Waals surface area contributed by atoms with Crippen molar-refractivity contribution in [1.82, 2.24) is 4.90 Å². The SMILES string of the molecule is CC(CC(N)=S)N(C)Cc1ccc(F)cc1Br. The third-order valence-electron chi connectivity index (χ3n) is 2.68. The maximum Gasteiger partial charge on any atom is 0.124 e. The number of halogens is 2. The van der Waals surface area contributed by atoms with Crippen LogP contribution in [0.15, 0.2) is 22.7 Å². The average molecular weight is 319 g/mol. The lowest BCUT2D eigenvalue weighted by atomic mass is 10.1. The quantitative estimate of drug-likeness (QED) is 0.846. The van der Waals surface area contributed by atoms with Crippen molar-refractivity contribution in [3.05, 3.63) is 34.1 Å². The first-order valence-corrected chi connectivity index (χ1v) is 6.52. The van der Waals surface area contributed by atoms with Crippen molar-refractivity contribution in [2.75, 3.05) is 7.05 Å². The second kappa shape index (κ2) is 6.42. The van der Waals surface area contributed by atoms with E-state index in [1.54, 1.807) is 6.07 Å². The molecule has 2 N–H and O–H groups in total. The molecule has 1 atom stereocenters. The largest absolute Gasteiger partial charge is 0.393 e. The van der Waals surface area contributed by atoms with Gasteiger partial charge in [-0.1, -0.05) is 34.2 Å². The van der Waals surface area contributed by atoms with Gasteiger partial charge in [0.15, 0.2) is 0 Å². The maximum atomic E-state index is 12.9. The molecule has 0 aliphatic heterocycles. The van der Waals surface area contributed by atoms with Crippen LogP contribution in [0, 0.1) is 5.82 Å². The summed E-state index contributed by atoms with van der Waals surface area (Å²) in [6.07, 6.45) is 0.685. The first kappa shape index (κ1) is 14.5. The second-order valence-electron chi connectivity index (χ2n) is 4.17. The van der Waals surface area contributed by atoms with E-state index in [0.29, 0.717) is 11.4 Å². The number of nitrogens with two attached hydrogens (primary N) is 1. The fraction of sp³-hybridized carbons (Fsp3) is 0.417. The molecule has 0 aromatic heterocycles. The van der Waals surface area contributed by atoms with Gasteiger partial charge >= 0.3 is 0 Å². The Kier molecular flexibility index (Phi) is 5.49. The molecule has 94 valence electrons. The molecule has 1 unspecified atom stereocenters. The molecule has 5 heteroatoms. The molecule has 0 bridgehead atoms. The number of hydrogen-bond acceptors (Lipinski definition) is 2. The van der Waals surface area contributed by atoms with Crippen molar-refractivity contribution < 1.29 is 4.39 Å². The van der Waals surface area contributed by atoms with E-state index in [4.69, 9.17) is 18.0 Å². The van der Waals surface area contributed by atoms with E-state index in [1.807, 2.05) is 7.05 Å². The fourth-order valence-electron chi connectivity index (χ4n) is 1.52. The Labute approximate surface area is 115 Å². The highest BCUT2D eigenvalue weighted by Crippen LogP contribution is 2.20. The molecule has 2 nitrogen and oxygen atoms in total. The minimum absolute atomic E-state index is 0.237. The monoisotopic (exact) mass is 318 g/mol. The molecule has 0 spiro atoms. The summed E-state index contributed by atoms with van der Waals surface area (Å²) >= 11 is 8.25. The van der Waals surface area contributed by atoms with E-state index in [2.05, 4.69) is 27.8 Å². The average Bonchev–Trinajstić information content (AvgIpc) is 2.21. The highest BCUT2D eigenvalue weighted by Gasteiger charge is 2.12. The van der Waals surface area contributed by atoms with E-state index >= 15 is 0 Å². The smallest absolute Gasteiger partial charge is 0.124 e. The number of rotatable bonds is 5. The van der Waals surface area contributed by atoms with Gasteiger partial charge in [-0.05, 0) is 31.7 Å². The topological polar surface area (TPSA) is 29.3 Å². The predicted octanol–water partition coefficient (Wildman–Crippen LogP) is 3.08. The van der Waals surface area contributed by atoms with Crippen LogP contribution in [0.2, 0.25) is 0 Å². The summed E-state index contributed by atoms with van der Waals surface area (Å²) in [6.45, 7) is 2.79. The summed E-state index contributed by atoms with van der Waals surface area (Å²) in [5.74, 6) is -0.237. The molecule has 0 saturated carbocycles. The Morgan fingerprint density at radius 3 is 2.76 bits per heavy atom. The van der Waals surface area contributed by atoms with Crippen molar-refractivity contribution in [2.24, 2.45) is 5.73 Å². The van der Waals surface area contributed by atoms with Gasteiger partial charge in [0.2, 0.25) is 0 Å². The zero-order valence-electron chi connectivity index (χ0n) is 9.91. The zero-order valence-corrected chi connectivity index (χ0v) is 12.3. The molecular weight excluding hydrogens is 303 g/mol. The predicted molar refractivity (Wildman–Crippen MR) is 76.4 cm³/mol. The summed E-state index contributed by atoms with van der Waals surface area (Å²) < 4.78 is 13.7. The maximum absolute atomic E-state index is 12.9. The van der Waals surface area contributed by atoms with Gasteiger partial charge in [0.1, 0.15) is 5.82 Å². The van der Waals surface area contributed by atoms with Crippen LogP contribution < -0.4 is 5.73 Å². The van der Waals surface area contributed by atoms with E-state index < -0.39 is 0 Å². The molecule has 0 fully saturated rings. The van der Waals surface area contributed by atoms with Crippen molar-refractivity contribution in [3.8, 4) is 0 Å². The zero-order chi connectivity index (χ0) is 13.0. The van der Waals surface area contributed by atoms with Crippen LogP contribution in [-0.4, -0.2) is 23.0 Å². The lowest BCUT2D eigenvalue weighted by Gasteiger charge is -2.24. The first-order valence-electron chi connectivity index (χ1n) is 5.32. The molecule has 0 radical (unpaired) electrons. The van der Waals surface area contributed by atoms with Gasteiger partial charge < -0.3 is 5.73 Å². The summed E-state index contributed by atoms with van der Waals surface area (Å²) in [7, 11) is 2.00. The Morgan fingerprint density at radius 1 is 1.59 bits per heavy atom. The van der Waals surface area contributed by atoms with Crippen molar-refractivity contribution in [3.63, 3.8) is 0 Å². The van der Waals surface area contributed by atoms with Gasteiger partial charge in [-0.15, -0.1) is 0 Å². The molecule has 17 heavy (non-hydrogen) atoms. The molecule has 0 amide bonds. The molecule has 1 aromatic carbocycles. The van der Waals surface area contributed by atoms with E-state index in [9.17, 15) is 4.39 Å². The fourth-order valence-corrected chi connectivity index (χ4v) is 2.24. The van der Waals surface area contributed by atoms with Gasteiger partial charge in [0.05, 0.1) is 4.99 Å². The van der Waals surface area contributed by atoms with E-state index in [1.165, 1.54) is 12.1 Å². The van der Waals surface area contributed by atoms with Crippen molar-refractivity contribution in [1.29, 1.82) is 0 Å². The second-order valence-corrected chi connectivity index (χ2v) is 5.55. The van der Waals surface area contributed by atoms with Crippen LogP contribution in [0.4, 0.5) is 4.39 Å². The minimum Gasteiger partial charge on any atom is -0.393 e. The third kappa shape index (κ3) is 4.69. The summed E-state index contributed by atoms with van der Waals surface area (Å²) in [5, 5.41) is 0. The van der Waals surface area contributed by atoms with Gasteiger partial charge in [0, 0.05) is 23.5 Å². The first-order chi connectivity index (χ1) is 7.90. The van der Waals surface area contributed by atoms with Gasteiger partial charge in [-0.2, -0.15) is 0 Å². The number of nitrogens with zero attached hydrogens (tertiary/aromatic N) is 1. The number of hydrogen-bond donors (Lipinski definition) is 1. The lowest BCUT2D eigenvalue weighted by Crippen LogP contribution is -2.32. The molecule has 1 aromatic rings. The molecular formula is C12H16BrFN2S. The Balaban J connectivity index is 2.67. The van der Waals surface area contributed by atoms with Gasteiger partial charge in [-0.3, -0.25) is 4.90 Å². The number of benzene rings is 1. The molecule has 1 rings (SSSR count). The van der Waals surface area contributed by atoms with Crippen molar-refractivity contribution >= 4 is 33.1 Å². The molecule has 0 aliphatic rings. The highest BCUT2D eigenvalue weighted by molar-refractivity contribution is 9.10. The lowest BCUT2D eigenvalue weighted by molar-refractivity contribution is 0.254. The van der Waals surface area contributed by atoms with E-state index in [-0.39, 0.29) is 11.9 Å². The van der Waals surface area contributed by atoms with Crippen LogP contribution in [0.25, 0.3) is 0 Å². The summed E-state index contributed by atoms with van der Waals surface area (Å²) in [4.78, 5) is 2.65. The normalized spacial score (nSPS) is 12.8. The van der Waals surface area contributed by atoms with Crippen LogP contribution in [0.5, 0.6) is 0 Å². The number of thiocarbonyl (C=S) groups is 1. The summed E-state index contributed by atoms with van der Waals surface area (Å²) in [5.41, 5.74) is 6.57.